The molecule has 1 aromatic carbocycles. The van der Waals surface area contributed by atoms with E-state index in [0.717, 1.165) is 17.8 Å². The SMILES string of the molecule is CCOC(=O)c1ccc(C(C)C2CCC3=C(C2)C(C)CCC3C)cc1. The quantitative estimate of drug-likeness (QED) is 0.487. The van der Waals surface area contributed by atoms with Crippen LogP contribution in [0.4, 0.5) is 0 Å². The minimum atomic E-state index is -0.223. The first kappa shape index (κ1) is 18.2. The Morgan fingerprint density at radius 3 is 2.36 bits per heavy atom. The van der Waals surface area contributed by atoms with E-state index in [4.69, 9.17) is 4.74 Å². The zero-order valence-electron chi connectivity index (χ0n) is 16.2. The summed E-state index contributed by atoms with van der Waals surface area (Å²) in [4.78, 5) is 11.8. The van der Waals surface area contributed by atoms with Crippen molar-refractivity contribution >= 4 is 5.97 Å². The third kappa shape index (κ3) is 3.83. The minimum absolute atomic E-state index is 0.223. The van der Waals surface area contributed by atoms with Crippen molar-refractivity contribution in [2.45, 2.75) is 65.7 Å². The second kappa shape index (κ2) is 7.76. The number of hydrogen-bond donors (Lipinski definition) is 0. The van der Waals surface area contributed by atoms with Crippen LogP contribution < -0.4 is 0 Å². The number of benzene rings is 1. The Hall–Kier alpha value is -1.57. The Labute approximate surface area is 152 Å². The van der Waals surface area contributed by atoms with E-state index in [0.29, 0.717) is 18.1 Å². The second-order valence-corrected chi connectivity index (χ2v) is 8.06. The summed E-state index contributed by atoms with van der Waals surface area (Å²) in [6.07, 6.45) is 6.58. The fourth-order valence-corrected chi connectivity index (χ4v) is 4.78. The Bertz CT molecular complexity index is 641. The maximum Gasteiger partial charge on any atom is 0.338 e. The summed E-state index contributed by atoms with van der Waals surface area (Å²) >= 11 is 0. The van der Waals surface area contributed by atoms with Gasteiger partial charge in [0.15, 0.2) is 0 Å². The molecule has 0 amide bonds. The smallest absolute Gasteiger partial charge is 0.338 e. The summed E-state index contributed by atoms with van der Waals surface area (Å²) in [6.45, 7) is 9.45. The summed E-state index contributed by atoms with van der Waals surface area (Å²) < 4.78 is 5.08. The molecule has 2 aliphatic carbocycles. The van der Waals surface area contributed by atoms with Gasteiger partial charge in [-0.25, -0.2) is 4.79 Å². The summed E-state index contributed by atoms with van der Waals surface area (Å²) in [5.41, 5.74) is 5.55. The van der Waals surface area contributed by atoms with Crippen LogP contribution in [-0.4, -0.2) is 12.6 Å². The van der Waals surface area contributed by atoms with Crippen molar-refractivity contribution in [1.29, 1.82) is 0 Å². The van der Waals surface area contributed by atoms with Gasteiger partial charge in [-0.2, -0.15) is 0 Å². The lowest BCUT2D eigenvalue weighted by Crippen LogP contribution is -2.25. The van der Waals surface area contributed by atoms with Crippen LogP contribution in [0.2, 0.25) is 0 Å². The number of esters is 1. The van der Waals surface area contributed by atoms with Gasteiger partial charge in [0.05, 0.1) is 12.2 Å². The summed E-state index contributed by atoms with van der Waals surface area (Å²) in [5.74, 6) is 2.60. The maximum atomic E-state index is 11.8. The maximum absolute atomic E-state index is 11.8. The molecule has 2 nitrogen and oxygen atoms in total. The third-order valence-corrected chi connectivity index (χ3v) is 6.56. The molecule has 2 heteroatoms. The Morgan fingerprint density at radius 2 is 1.72 bits per heavy atom. The number of hydrogen-bond acceptors (Lipinski definition) is 2. The van der Waals surface area contributed by atoms with Gasteiger partial charge in [0.25, 0.3) is 0 Å². The molecule has 25 heavy (non-hydrogen) atoms. The molecule has 0 heterocycles. The van der Waals surface area contributed by atoms with Crippen LogP contribution in [0.1, 0.15) is 81.6 Å². The Kier molecular flexibility index (Phi) is 5.66. The molecule has 0 aromatic heterocycles. The lowest BCUT2D eigenvalue weighted by Gasteiger charge is -2.39. The first-order valence-electron chi connectivity index (χ1n) is 10.00. The molecule has 2 aliphatic rings. The Balaban J connectivity index is 1.71. The molecule has 0 saturated heterocycles. The molecule has 0 N–H and O–H groups in total. The molecule has 136 valence electrons. The van der Waals surface area contributed by atoms with E-state index in [1.54, 1.807) is 11.1 Å². The summed E-state index contributed by atoms with van der Waals surface area (Å²) in [7, 11) is 0. The first-order chi connectivity index (χ1) is 12.0. The van der Waals surface area contributed by atoms with Crippen LogP contribution in [0.5, 0.6) is 0 Å². The van der Waals surface area contributed by atoms with Gasteiger partial charge in [-0.1, -0.05) is 44.1 Å². The Morgan fingerprint density at radius 1 is 1.08 bits per heavy atom. The fraction of sp³-hybridized carbons (Fsp3) is 0.609. The molecular weight excluding hydrogens is 308 g/mol. The van der Waals surface area contributed by atoms with Crippen molar-refractivity contribution in [3.63, 3.8) is 0 Å². The molecule has 1 aromatic rings. The number of ether oxygens (including phenoxy) is 1. The predicted molar refractivity (Wildman–Crippen MR) is 103 cm³/mol. The van der Waals surface area contributed by atoms with Gasteiger partial charge >= 0.3 is 5.97 Å². The molecule has 0 radical (unpaired) electrons. The minimum Gasteiger partial charge on any atom is -0.462 e. The van der Waals surface area contributed by atoms with Crippen molar-refractivity contribution < 1.29 is 9.53 Å². The van der Waals surface area contributed by atoms with Gasteiger partial charge in [-0.05, 0) is 80.4 Å². The summed E-state index contributed by atoms with van der Waals surface area (Å²) in [5, 5.41) is 0. The number of allylic oxidation sites excluding steroid dienone is 2. The molecule has 3 rings (SSSR count). The van der Waals surface area contributed by atoms with Crippen LogP contribution in [0.25, 0.3) is 0 Å². The number of carbonyl (C=O) groups is 1. The number of rotatable bonds is 4. The van der Waals surface area contributed by atoms with Crippen LogP contribution in [-0.2, 0) is 4.74 Å². The van der Waals surface area contributed by atoms with E-state index in [-0.39, 0.29) is 5.97 Å². The normalized spacial score (nSPS) is 27.6. The average molecular weight is 341 g/mol. The van der Waals surface area contributed by atoms with Crippen molar-refractivity contribution in [3.05, 3.63) is 46.5 Å². The molecule has 0 saturated carbocycles. The largest absolute Gasteiger partial charge is 0.462 e. The predicted octanol–water partition coefficient (Wildman–Crippen LogP) is 6.13. The molecule has 0 spiro atoms. The average Bonchev–Trinajstić information content (AvgIpc) is 2.64. The van der Waals surface area contributed by atoms with Gasteiger partial charge in [0.1, 0.15) is 0 Å². The van der Waals surface area contributed by atoms with Crippen LogP contribution in [0.3, 0.4) is 0 Å². The van der Waals surface area contributed by atoms with Gasteiger partial charge in [0.2, 0.25) is 0 Å². The van der Waals surface area contributed by atoms with E-state index < -0.39 is 0 Å². The lowest BCUT2D eigenvalue weighted by atomic mass is 9.66. The molecule has 0 bridgehead atoms. The van der Waals surface area contributed by atoms with Gasteiger partial charge in [0, 0.05) is 0 Å². The van der Waals surface area contributed by atoms with E-state index in [9.17, 15) is 4.79 Å². The van der Waals surface area contributed by atoms with Crippen molar-refractivity contribution in [3.8, 4) is 0 Å². The van der Waals surface area contributed by atoms with Gasteiger partial charge in [-0.3, -0.25) is 0 Å². The molecular formula is C23H32O2. The topological polar surface area (TPSA) is 26.3 Å². The highest BCUT2D eigenvalue weighted by atomic mass is 16.5. The van der Waals surface area contributed by atoms with Crippen LogP contribution >= 0.6 is 0 Å². The molecule has 0 aliphatic heterocycles. The van der Waals surface area contributed by atoms with Crippen LogP contribution in [0, 0.1) is 17.8 Å². The second-order valence-electron chi connectivity index (χ2n) is 8.06. The standard InChI is InChI=1S/C23H32O2/c1-5-25-23(24)19-10-8-18(9-11-19)17(4)20-12-13-21-15(2)6-7-16(3)22(21)14-20/h8-11,15-17,20H,5-7,12-14H2,1-4H3. The zero-order chi connectivity index (χ0) is 18.0. The lowest BCUT2D eigenvalue weighted by molar-refractivity contribution is 0.0526. The van der Waals surface area contributed by atoms with E-state index in [2.05, 4.69) is 32.9 Å². The van der Waals surface area contributed by atoms with Gasteiger partial charge < -0.3 is 4.74 Å². The third-order valence-electron chi connectivity index (χ3n) is 6.56. The van der Waals surface area contributed by atoms with Crippen molar-refractivity contribution in [2.24, 2.45) is 17.8 Å². The highest BCUT2D eigenvalue weighted by Gasteiger charge is 2.32. The van der Waals surface area contributed by atoms with E-state index >= 15 is 0 Å². The molecule has 4 unspecified atom stereocenters. The molecule has 4 atom stereocenters. The fourth-order valence-electron chi connectivity index (χ4n) is 4.78. The van der Waals surface area contributed by atoms with Gasteiger partial charge in [-0.15, -0.1) is 0 Å². The van der Waals surface area contributed by atoms with E-state index in [1.807, 2.05) is 19.1 Å². The zero-order valence-corrected chi connectivity index (χ0v) is 16.2. The number of carbonyl (C=O) groups excluding carboxylic acids is 1. The highest BCUT2D eigenvalue weighted by Crippen LogP contribution is 2.47. The van der Waals surface area contributed by atoms with E-state index in [1.165, 1.54) is 37.7 Å². The first-order valence-corrected chi connectivity index (χ1v) is 10.00. The highest BCUT2D eigenvalue weighted by molar-refractivity contribution is 5.89. The van der Waals surface area contributed by atoms with Crippen molar-refractivity contribution in [1.82, 2.24) is 0 Å². The molecule has 0 fully saturated rings. The summed E-state index contributed by atoms with van der Waals surface area (Å²) in [6, 6.07) is 8.08. The monoisotopic (exact) mass is 340 g/mol. The van der Waals surface area contributed by atoms with Crippen molar-refractivity contribution in [2.75, 3.05) is 6.61 Å². The van der Waals surface area contributed by atoms with Crippen LogP contribution in [0.15, 0.2) is 35.4 Å².